The van der Waals surface area contributed by atoms with Gasteiger partial charge in [0, 0.05) is 11.8 Å². The minimum atomic E-state index is -0.927. The van der Waals surface area contributed by atoms with E-state index in [1.807, 2.05) is 72.8 Å². The van der Waals surface area contributed by atoms with Gasteiger partial charge in [-0.1, -0.05) is 18.2 Å². The molecule has 158 valence electrons. The van der Waals surface area contributed by atoms with Gasteiger partial charge in [-0.05, 0) is 54.6 Å². The van der Waals surface area contributed by atoms with Gasteiger partial charge in [0.2, 0.25) is 0 Å². The number of ether oxygens (including phenoxy) is 3. The van der Waals surface area contributed by atoms with Crippen LogP contribution in [-0.2, 0) is 11.3 Å². The third kappa shape index (κ3) is 5.54. The summed E-state index contributed by atoms with van der Waals surface area (Å²) in [5.74, 6) is 2.10. The summed E-state index contributed by atoms with van der Waals surface area (Å²) in [6, 6.07) is 22.6. The van der Waals surface area contributed by atoms with Crippen LogP contribution in [0.1, 0.15) is 6.42 Å². The molecule has 0 aliphatic heterocycles. The van der Waals surface area contributed by atoms with E-state index in [1.165, 1.54) is 4.68 Å². The van der Waals surface area contributed by atoms with E-state index < -0.39 is 5.97 Å². The Bertz CT molecular complexity index is 1140. The van der Waals surface area contributed by atoms with E-state index in [-0.39, 0.29) is 6.54 Å². The minimum Gasteiger partial charge on any atom is -0.493 e. The first-order valence-electron chi connectivity index (χ1n) is 9.93. The molecule has 1 heterocycles. The van der Waals surface area contributed by atoms with Gasteiger partial charge >= 0.3 is 5.97 Å². The molecule has 0 spiro atoms. The Hall–Kier alpha value is -4.00. The van der Waals surface area contributed by atoms with Crippen LogP contribution in [0.2, 0.25) is 0 Å². The molecule has 1 aromatic heterocycles. The van der Waals surface area contributed by atoms with Crippen LogP contribution in [0, 0.1) is 0 Å². The lowest BCUT2D eigenvalue weighted by Gasteiger charge is -2.09. The van der Waals surface area contributed by atoms with Gasteiger partial charge < -0.3 is 19.3 Å². The number of benzene rings is 3. The van der Waals surface area contributed by atoms with Gasteiger partial charge in [-0.25, -0.2) is 0 Å². The van der Waals surface area contributed by atoms with E-state index in [1.54, 1.807) is 6.20 Å². The molecule has 0 atom stereocenters. The number of aromatic nitrogens is 2. The fourth-order valence-electron chi connectivity index (χ4n) is 3.08. The Morgan fingerprint density at radius 1 is 0.839 bits per heavy atom. The Kier molecular flexibility index (Phi) is 6.32. The number of carbonyl (C=O) groups is 1. The number of rotatable bonds is 10. The molecule has 4 rings (SSSR count). The van der Waals surface area contributed by atoms with Crippen LogP contribution >= 0.6 is 0 Å². The lowest BCUT2D eigenvalue weighted by molar-refractivity contribution is -0.137. The first kappa shape index (κ1) is 20.3. The van der Waals surface area contributed by atoms with Gasteiger partial charge in [-0.2, -0.15) is 5.10 Å². The van der Waals surface area contributed by atoms with Crippen molar-refractivity contribution in [3.63, 3.8) is 0 Å². The molecule has 31 heavy (non-hydrogen) atoms. The monoisotopic (exact) mass is 418 g/mol. The Balaban J connectivity index is 1.21. The van der Waals surface area contributed by atoms with Gasteiger partial charge in [-0.15, -0.1) is 0 Å². The van der Waals surface area contributed by atoms with E-state index in [0.29, 0.717) is 19.0 Å². The van der Waals surface area contributed by atoms with Crippen LogP contribution in [0.3, 0.4) is 0 Å². The number of carboxylic acids is 1. The van der Waals surface area contributed by atoms with Crippen LogP contribution in [0.5, 0.6) is 23.0 Å². The van der Waals surface area contributed by atoms with Gasteiger partial charge in [0.05, 0.1) is 24.9 Å². The van der Waals surface area contributed by atoms with Gasteiger partial charge in [0.1, 0.15) is 29.5 Å². The molecule has 0 amide bonds. The van der Waals surface area contributed by atoms with E-state index >= 15 is 0 Å². The maximum atomic E-state index is 10.9. The zero-order valence-corrected chi connectivity index (χ0v) is 16.8. The van der Waals surface area contributed by atoms with Crippen molar-refractivity contribution in [1.82, 2.24) is 9.78 Å². The minimum absolute atomic E-state index is 0.166. The molecule has 7 nitrogen and oxygen atoms in total. The summed E-state index contributed by atoms with van der Waals surface area (Å²) in [4.78, 5) is 10.9. The largest absolute Gasteiger partial charge is 0.493 e. The quantitative estimate of drug-likeness (QED) is 0.374. The molecule has 0 saturated carbocycles. The topological polar surface area (TPSA) is 82.8 Å². The second kappa shape index (κ2) is 9.67. The first-order chi connectivity index (χ1) is 15.2. The second-order valence-corrected chi connectivity index (χ2v) is 6.85. The van der Waals surface area contributed by atoms with Gasteiger partial charge in [0.25, 0.3) is 0 Å². The molecule has 0 unspecified atom stereocenters. The van der Waals surface area contributed by atoms with Crippen molar-refractivity contribution in [2.75, 3.05) is 13.2 Å². The predicted molar refractivity (Wildman–Crippen MR) is 116 cm³/mol. The van der Waals surface area contributed by atoms with Crippen molar-refractivity contribution < 1.29 is 24.1 Å². The van der Waals surface area contributed by atoms with Gasteiger partial charge in [-0.3, -0.25) is 9.48 Å². The highest BCUT2D eigenvalue weighted by Crippen LogP contribution is 2.24. The molecular weight excluding hydrogens is 396 g/mol. The SMILES string of the molecule is O=C(O)Cn1ncc2cc(OCCCOc3ccc(Oc4ccccc4)cc3)ccc21. The molecule has 7 heteroatoms. The van der Waals surface area contributed by atoms with Crippen molar-refractivity contribution >= 4 is 16.9 Å². The summed E-state index contributed by atoms with van der Waals surface area (Å²) in [6.45, 7) is 0.863. The molecule has 0 fully saturated rings. The van der Waals surface area contributed by atoms with Crippen molar-refractivity contribution in [1.29, 1.82) is 0 Å². The standard InChI is InChI=1S/C24H22N2O5/c27-24(28)17-26-23-12-11-22(15-18(23)16-25-26)30-14-4-13-29-19-7-9-21(10-8-19)31-20-5-2-1-3-6-20/h1-3,5-12,15-16H,4,13-14,17H2,(H,27,28). The van der Waals surface area contributed by atoms with Gasteiger partial charge in [0.15, 0.2) is 0 Å². The summed E-state index contributed by atoms with van der Waals surface area (Å²) in [6.07, 6.45) is 2.36. The van der Waals surface area contributed by atoms with Crippen LogP contribution in [-0.4, -0.2) is 34.1 Å². The fraction of sp³-hybridized carbons (Fsp3) is 0.167. The maximum Gasteiger partial charge on any atom is 0.325 e. The smallest absolute Gasteiger partial charge is 0.325 e. The van der Waals surface area contributed by atoms with Crippen LogP contribution < -0.4 is 14.2 Å². The highest BCUT2D eigenvalue weighted by atomic mass is 16.5. The van der Waals surface area contributed by atoms with Crippen molar-refractivity contribution in [3.05, 3.63) is 79.0 Å². The summed E-state index contributed by atoms with van der Waals surface area (Å²) in [5.41, 5.74) is 0.762. The second-order valence-electron chi connectivity index (χ2n) is 6.85. The lowest BCUT2D eigenvalue weighted by Crippen LogP contribution is -2.09. The van der Waals surface area contributed by atoms with E-state index in [9.17, 15) is 4.79 Å². The molecule has 0 aliphatic rings. The Morgan fingerprint density at radius 3 is 2.23 bits per heavy atom. The first-order valence-corrected chi connectivity index (χ1v) is 9.93. The van der Waals surface area contributed by atoms with Crippen molar-refractivity contribution in [2.24, 2.45) is 0 Å². The predicted octanol–water partition coefficient (Wildman–Crippen LogP) is 4.76. The van der Waals surface area contributed by atoms with E-state index in [0.717, 1.165) is 34.6 Å². The van der Waals surface area contributed by atoms with Crippen LogP contribution in [0.4, 0.5) is 0 Å². The summed E-state index contributed by atoms with van der Waals surface area (Å²) in [7, 11) is 0. The zero-order chi connectivity index (χ0) is 21.5. The van der Waals surface area contributed by atoms with E-state index in [4.69, 9.17) is 19.3 Å². The van der Waals surface area contributed by atoms with Crippen molar-refractivity contribution in [2.45, 2.75) is 13.0 Å². The Morgan fingerprint density at radius 2 is 1.48 bits per heavy atom. The number of hydrogen-bond acceptors (Lipinski definition) is 5. The molecule has 0 saturated heterocycles. The average molecular weight is 418 g/mol. The Labute approximate surface area is 179 Å². The molecule has 0 radical (unpaired) electrons. The fourth-order valence-corrected chi connectivity index (χ4v) is 3.08. The normalized spacial score (nSPS) is 10.7. The van der Waals surface area contributed by atoms with E-state index in [2.05, 4.69) is 5.10 Å². The summed E-state index contributed by atoms with van der Waals surface area (Å²) in [5, 5.41) is 13.9. The molecule has 0 aliphatic carbocycles. The summed E-state index contributed by atoms with van der Waals surface area (Å²) < 4.78 is 18.7. The molecule has 1 N–H and O–H groups in total. The number of nitrogens with zero attached hydrogens (tertiary/aromatic N) is 2. The lowest BCUT2D eigenvalue weighted by atomic mass is 10.2. The number of para-hydroxylation sites is 1. The molecule has 0 bridgehead atoms. The summed E-state index contributed by atoms with van der Waals surface area (Å²) >= 11 is 0. The third-order valence-electron chi connectivity index (χ3n) is 4.53. The molecule has 4 aromatic rings. The number of carboxylic acid groups (broad SMARTS) is 1. The maximum absolute atomic E-state index is 10.9. The highest BCUT2D eigenvalue weighted by molar-refractivity contribution is 5.81. The van der Waals surface area contributed by atoms with Crippen molar-refractivity contribution in [3.8, 4) is 23.0 Å². The average Bonchev–Trinajstić information content (AvgIpc) is 3.17. The molecule has 3 aromatic carbocycles. The highest BCUT2D eigenvalue weighted by Gasteiger charge is 2.07. The zero-order valence-electron chi connectivity index (χ0n) is 16.8. The number of aliphatic carboxylic acids is 1. The van der Waals surface area contributed by atoms with Crippen LogP contribution in [0.25, 0.3) is 10.9 Å². The van der Waals surface area contributed by atoms with Crippen LogP contribution in [0.15, 0.2) is 79.0 Å². The number of hydrogen-bond donors (Lipinski definition) is 1. The third-order valence-corrected chi connectivity index (χ3v) is 4.53. The number of fused-ring (bicyclic) bond motifs is 1. The molecular formula is C24H22N2O5.